The van der Waals surface area contributed by atoms with E-state index in [0.29, 0.717) is 0 Å². The topological polar surface area (TPSA) is 0 Å². The van der Waals surface area contributed by atoms with Crippen LogP contribution in [-0.4, -0.2) is 15.4 Å². The summed E-state index contributed by atoms with van der Waals surface area (Å²) in [4.78, 5) is 0. The number of rotatable bonds is 1. The number of halogens is 3. The van der Waals surface area contributed by atoms with Crippen molar-refractivity contribution in [3.05, 3.63) is 30.3 Å². The summed E-state index contributed by atoms with van der Waals surface area (Å²) in [6, 6.07) is 9.40. The van der Waals surface area contributed by atoms with Crippen molar-refractivity contribution in [2.24, 2.45) is 0 Å². The first-order chi connectivity index (χ1) is 4.61. The quantitative estimate of drug-likeness (QED) is 0.698. The van der Waals surface area contributed by atoms with Gasteiger partial charge in [0.25, 0.3) is 0 Å². The molecule has 0 amide bonds. The molecule has 0 spiro atoms. The van der Waals surface area contributed by atoms with Gasteiger partial charge in [0.15, 0.2) is 0 Å². The Bertz CT molecular complexity index is 204. The minimum absolute atomic E-state index is 0.904. The minimum atomic E-state index is -3.30. The summed E-state index contributed by atoms with van der Waals surface area (Å²) in [5.41, 5.74) is 0. The fraction of sp³-hybridized carbons (Fsp3) is 0. The zero-order valence-corrected chi connectivity index (χ0v) is 10.1. The van der Waals surface area contributed by atoms with Gasteiger partial charge in [-0.15, -0.1) is 0 Å². The van der Waals surface area contributed by atoms with Crippen LogP contribution in [0.15, 0.2) is 30.3 Å². The molecule has 1 aromatic rings. The fourth-order valence-electron chi connectivity index (χ4n) is 0.627. The molecule has 0 bridgehead atoms. The van der Waals surface area contributed by atoms with E-state index >= 15 is 0 Å². The Kier molecular flexibility index (Phi) is 3.18. The molecule has 0 atom stereocenters. The third-order valence-corrected chi connectivity index (χ3v) is 8.31. The Balaban J connectivity index is 2.97. The molecule has 0 fully saturated rings. The molecule has 56 valence electrons. The maximum absolute atomic E-state index is 5.80. The van der Waals surface area contributed by atoms with Crippen LogP contribution in [0.1, 0.15) is 0 Å². The van der Waals surface area contributed by atoms with Gasteiger partial charge >= 0.3 is 75.7 Å². The van der Waals surface area contributed by atoms with Gasteiger partial charge in [0.05, 0.1) is 0 Å². The standard InChI is InChI=1S/C6H5.3ClH.Sb.H/c1-2-4-6-5-3-1;;;;;/h1-5H;3*1H;;/q;;;;+3;/p-3. The molecule has 0 aliphatic heterocycles. The molecule has 1 aromatic carbocycles. The third kappa shape index (κ3) is 2.51. The molecule has 4 heteroatoms. The predicted molar refractivity (Wildman–Crippen MR) is 50.8 cm³/mol. The summed E-state index contributed by atoms with van der Waals surface area (Å²) in [5.74, 6) is 0. The monoisotopic (exact) mass is 304 g/mol. The summed E-state index contributed by atoms with van der Waals surface area (Å²) < 4.78 is 0.904. The van der Waals surface area contributed by atoms with Crippen LogP contribution in [-0.2, 0) is 0 Å². The zero-order valence-electron chi connectivity index (χ0n) is 5.02. The van der Waals surface area contributed by atoms with Gasteiger partial charge in [-0.1, -0.05) is 0 Å². The van der Waals surface area contributed by atoms with Crippen LogP contribution in [0.2, 0.25) is 0 Å². The van der Waals surface area contributed by atoms with E-state index in [9.17, 15) is 0 Å². The zero-order chi connectivity index (χ0) is 7.61. The summed E-state index contributed by atoms with van der Waals surface area (Å²) in [7, 11) is 17.4. The van der Waals surface area contributed by atoms with Gasteiger partial charge in [0, 0.05) is 0 Å². The SMILES string of the molecule is [Cl][SbH]([Cl])([Cl])[c]1ccccc1. The van der Waals surface area contributed by atoms with E-state index in [1.807, 2.05) is 30.3 Å². The van der Waals surface area contributed by atoms with Crippen LogP contribution in [0, 0.1) is 0 Å². The normalized spacial score (nSPS) is 13.1. The summed E-state index contributed by atoms with van der Waals surface area (Å²) in [6.07, 6.45) is 0. The van der Waals surface area contributed by atoms with Gasteiger partial charge in [0.2, 0.25) is 0 Å². The molecule has 0 saturated heterocycles. The molecule has 0 saturated carbocycles. The Morgan fingerprint density at radius 1 is 0.900 bits per heavy atom. The Hall–Kier alpha value is 0.908. The van der Waals surface area contributed by atoms with Crippen LogP contribution in [0.3, 0.4) is 0 Å². The fourth-order valence-corrected chi connectivity index (χ4v) is 4.79. The number of benzene rings is 1. The second-order valence-corrected chi connectivity index (χ2v) is 21.7. The molecule has 0 unspecified atom stereocenters. The first-order valence-corrected chi connectivity index (χ1v) is 15.0. The Morgan fingerprint density at radius 3 is 1.70 bits per heavy atom. The number of hydrogen-bond acceptors (Lipinski definition) is 0. The third-order valence-electron chi connectivity index (χ3n) is 1.10. The van der Waals surface area contributed by atoms with E-state index in [-0.39, 0.29) is 0 Å². The molecule has 0 radical (unpaired) electrons. The average Bonchev–Trinajstić information content (AvgIpc) is 1.88. The summed E-state index contributed by atoms with van der Waals surface area (Å²) in [5, 5.41) is 0. The van der Waals surface area contributed by atoms with E-state index < -0.39 is 15.4 Å². The van der Waals surface area contributed by atoms with E-state index in [1.165, 1.54) is 0 Å². The van der Waals surface area contributed by atoms with Crippen LogP contribution in [0.5, 0.6) is 0 Å². The van der Waals surface area contributed by atoms with Crippen molar-refractivity contribution in [3.8, 4) is 0 Å². The van der Waals surface area contributed by atoms with Crippen molar-refractivity contribution in [1.82, 2.24) is 0 Å². The maximum atomic E-state index is 5.80. The van der Waals surface area contributed by atoms with Crippen LogP contribution < -0.4 is 3.51 Å². The molecular weight excluding hydrogens is 300 g/mol. The molecule has 0 heterocycles. The average molecular weight is 306 g/mol. The van der Waals surface area contributed by atoms with Crippen LogP contribution in [0.4, 0.5) is 0 Å². The number of hydrogen-bond donors (Lipinski definition) is 0. The van der Waals surface area contributed by atoms with Gasteiger partial charge in [-0.25, -0.2) is 0 Å². The molecule has 0 aliphatic rings. The second kappa shape index (κ2) is 3.54. The van der Waals surface area contributed by atoms with Gasteiger partial charge in [-0.05, 0) is 0 Å². The van der Waals surface area contributed by atoms with Crippen molar-refractivity contribution in [1.29, 1.82) is 0 Å². The van der Waals surface area contributed by atoms with Crippen LogP contribution in [0.25, 0.3) is 0 Å². The van der Waals surface area contributed by atoms with Crippen molar-refractivity contribution >= 4 is 45.4 Å². The summed E-state index contributed by atoms with van der Waals surface area (Å²) in [6.45, 7) is 0. The van der Waals surface area contributed by atoms with Gasteiger partial charge in [0.1, 0.15) is 0 Å². The van der Waals surface area contributed by atoms with Crippen molar-refractivity contribution in [2.75, 3.05) is 0 Å². The predicted octanol–water partition coefficient (Wildman–Crippen LogP) is 2.28. The Labute approximate surface area is 75.1 Å². The Morgan fingerprint density at radius 2 is 1.40 bits per heavy atom. The molecule has 0 aromatic heterocycles. The first-order valence-electron chi connectivity index (χ1n) is 2.73. The first kappa shape index (κ1) is 9.00. The van der Waals surface area contributed by atoms with Crippen LogP contribution >= 0.6 is 26.5 Å². The molecule has 0 aliphatic carbocycles. The molecule has 10 heavy (non-hydrogen) atoms. The van der Waals surface area contributed by atoms with Gasteiger partial charge in [-0.2, -0.15) is 0 Å². The van der Waals surface area contributed by atoms with Gasteiger partial charge < -0.3 is 0 Å². The van der Waals surface area contributed by atoms with E-state index in [2.05, 4.69) is 0 Å². The van der Waals surface area contributed by atoms with Crippen molar-refractivity contribution < 1.29 is 0 Å². The van der Waals surface area contributed by atoms with Crippen molar-refractivity contribution in [2.45, 2.75) is 0 Å². The molecule has 1 rings (SSSR count). The van der Waals surface area contributed by atoms with Crippen molar-refractivity contribution in [3.63, 3.8) is 0 Å². The van der Waals surface area contributed by atoms with E-state index in [0.717, 1.165) is 3.51 Å². The second-order valence-electron chi connectivity index (χ2n) is 1.86. The van der Waals surface area contributed by atoms with Gasteiger partial charge in [-0.3, -0.25) is 0 Å². The van der Waals surface area contributed by atoms with E-state index in [1.54, 1.807) is 0 Å². The summed E-state index contributed by atoms with van der Waals surface area (Å²) >= 11 is -3.30. The van der Waals surface area contributed by atoms with E-state index in [4.69, 9.17) is 26.5 Å². The molecule has 0 nitrogen and oxygen atoms in total. The molecular formula is C6H6Cl3Sb. The molecule has 0 N–H and O–H groups in total.